The second kappa shape index (κ2) is 5.69. The summed E-state index contributed by atoms with van der Waals surface area (Å²) in [5.74, 6) is 0.857. The fourth-order valence-electron chi connectivity index (χ4n) is 2.59. The first-order valence-corrected chi connectivity index (χ1v) is 6.15. The van der Waals surface area contributed by atoms with E-state index < -0.39 is 0 Å². The minimum absolute atomic E-state index is 0.857. The molecule has 0 aromatic heterocycles. The predicted octanol–water partition coefficient (Wildman–Crippen LogP) is 3.62. The highest BCUT2D eigenvalue weighted by Crippen LogP contribution is 2.26. The van der Waals surface area contributed by atoms with Crippen molar-refractivity contribution >= 4 is 6.21 Å². The molecule has 1 aromatic carbocycles. The van der Waals surface area contributed by atoms with E-state index in [1.54, 1.807) is 0 Å². The summed E-state index contributed by atoms with van der Waals surface area (Å²) in [4.78, 5) is 0. The van der Waals surface area contributed by atoms with Gasteiger partial charge in [-0.15, -0.1) is 0 Å². The molecule has 1 aromatic rings. The molecule has 86 valence electrons. The Balaban J connectivity index is 1.99. The lowest BCUT2D eigenvalue weighted by molar-refractivity contribution is 0.322. The SMILES string of the molecule is O/N=C/c1cccc(CC2CCCCC2)c1. The Labute approximate surface area is 97.0 Å². The Kier molecular flexibility index (Phi) is 3.97. The molecule has 0 atom stereocenters. The van der Waals surface area contributed by atoms with E-state index in [4.69, 9.17) is 5.21 Å². The molecule has 16 heavy (non-hydrogen) atoms. The summed E-state index contributed by atoms with van der Waals surface area (Å²) >= 11 is 0. The molecule has 0 spiro atoms. The van der Waals surface area contributed by atoms with Gasteiger partial charge in [0.25, 0.3) is 0 Å². The Morgan fingerprint density at radius 3 is 2.81 bits per heavy atom. The van der Waals surface area contributed by atoms with E-state index >= 15 is 0 Å². The van der Waals surface area contributed by atoms with Gasteiger partial charge in [0.15, 0.2) is 0 Å². The lowest BCUT2D eigenvalue weighted by Gasteiger charge is -2.21. The van der Waals surface area contributed by atoms with Crippen LogP contribution in [0.3, 0.4) is 0 Å². The van der Waals surface area contributed by atoms with E-state index in [0.29, 0.717) is 0 Å². The maximum absolute atomic E-state index is 8.50. The smallest absolute Gasteiger partial charge is 0.0733 e. The third kappa shape index (κ3) is 3.09. The van der Waals surface area contributed by atoms with Gasteiger partial charge >= 0.3 is 0 Å². The van der Waals surface area contributed by atoms with E-state index in [9.17, 15) is 0 Å². The average molecular weight is 217 g/mol. The molecule has 0 radical (unpaired) electrons. The van der Waals surface area contributed by atoms with Gasteiger partial charge in [0.2, 0.25) is 0 Å². The van der Waals surface area contributed by atoms with E-state index in [1.165, 1.54) is 50.3 Å². The van der Waals surface area contributed by atoms with Crippen molar-refractivity contribution in [2.45, 2.75) is 38.5 Å². The summed E-state index contributed by atoms with van der Waals surface area (Å²) < 4.78 is 0. The third-order valence-corrected chi connectivity index (χ3v) is 3.41. The molecular formula is C14H19NO. The van der Waals surface area contributed by atoms with Crippen LogP contribution < -0.4 is 0 Å². The monoisotopic (exact) mass is 217 g/mol. The maximum Gasteiger partial charge on any atom is 0.0733 e. The average Bonchev–Trinajstić information content (AvgIpc) is 2.31. The molecule has 0 unspecified atom stereocenters. The lowest BCUT2D eigenvalue weighted by atomic mass is 9.85. The predicted molar refractivity (Wildman–Crippen MR) is 66.1 cm³/mol. The largest absolute Gasteiger partial charge is 0.411 e. The molecule has 0 aliphatic heterocycles. The van der Waals surface area contributed by atoms with Crippen LogP contribution in [-0.4, -0.2) is 11.4 Å². The zero-order valence-corrected chi connectivity index (χ0v) is 9.60. The molecule has 2 heteroatoms. The van der Waals surface area contributed by atoms with Crippen molar-refractivity contribution in [3.8, 4) is 0 Å². The van der Waals surface area contributed by atoms with Crippen LogP contribution in [0, 0.1) is 5.92 Å². The van der Waals surface area contributed by atoms with Crippen LogP contribution in [0.5, 0.6) is 0 Å². The van der Waals surface area contributed by atoms with Gasteiger partial charge in [-0.05, 0) is 23.5 Å². The first kappa shape index (κ1) is 11.2. The summed E-state index contributed by atoms with van der Waals surface area (Å²) in [6.07, 6.45) is 9.60. The van der Waals surface area contributed by atoms with Gasteiger partial charge < -0.3 is 5.21 Å². The molecule has 1 aliphatic rings. The summed E-state index contributed by atoms with van der Waals surface area (Å²) in [6, 6.07) is 8.29. The number of nitrogens with zero attached hydrogens (tertiary/aromatic N) is 1. The van der Waals surface area contributed by atoms with Crippen molar-refractivity contribution in [1.29, 1.82) is 0 Å². The molecule has 1 N–H and O–H groups in total. The molecule has 2 rings (SSSR count). The molecule has 0 bridgehead atoms. The number of oxime groups is 1. The molecular weight excluding hydrogens is 198 g/mol. The summed E-state index contributed by atoms with van der Waals surface area (Å²) in [5.41, 5.74) is 2.35. The minimum atomic E-state index is 0.857. The quantitative estimate of drug-likeness (QED) is 0.468. The second-order valence-electron chi connectivity index (χ2n) is 4.70. The van der Waals surface area contributed by atoms with E-state index in [-0.39, 0.29) is 0 Å². The minimum Gasteiger partial charge on any atom is -0.411 e. The van der Waals surface area contributed by atoms with Crippen molar-refractivity contribution in [1.82, 2.24) is 0 Å². The van der Waals surface area contributed by atoms with Crippen molar-refractivity contribution in [2.24, 2.45) is 11.1 Å². The van der Waals surface area contributed by atoms with E-state index in [0.717, 1.165) is 11.5 Å². The summed E-state index contributed by atoms with van der Waals surface area (Å²) in [7, 11) is 0. The normalized spacial score (nSPS) is 18.0. The van der Waals surface area contributed by atoms with Crippen LogP contribution in [0.4, 0.5) is 0 Å². The molecule has 0 saturated heterocycles. The van der Waals surface area contributed by atoms with Gasteiger partial charge in [-0.3, -0.25) is 0 Å². The number of benzene rings is 1. The Morgan fingerprint density at radius 2 is 2.06 bits per heavy atom. The highest BCUT2D eigenvalue weighted by atomic mass is 16.4. The van der Waals surface area contributed by atoms with Gasteiger partial charge in [0, 0.05) is 0 Å². The van der Waals surface area contributed by atoms with E-state index in [1.807, 2.05) is 12.1 Å². The molecule has 0 amide bonds. The van der Waals surface area contributed by atoms with Gasteiger partial charge in [0.1, 0.15) is 0 Å². The Bertz CT molecular complexity index is 354. The lowest BCUT2D eigenvalue weighted by Crippen LogP contribution is -2.09. The standard InChI is InChI=1S/C14H19NO/c16-15-11-14-8-4-7-13(10-14)9-12-5-2-1-3-6-12/h4,7-8,10-12,16H,1-3,5-6,9H2/b15-11+. The number of hydrogen-bond donors (Lipinski definition) is 1. The number of hydrogen-bond acceptors (Lipinski definition) is 2. The Morgan fingerprint density at radius 1 is 1.25 bits per heavy atom. The first-order valence-electron chi connectivity index (χ1n) is 6.15. The van der Waals surface area contributed by atoms with E-state index in [2.05, 4.69) is 17.3 Å². The third-order valence-electron chi connectivity index (χ3n) is 3.41. The molecule has 1 fully saturated rings. The molecule has 1 aliphatic carbocycles. The van der Waals surface area contributed by atoms with Gasteiger partial charge in [-0.25, -0.2) is 0 Å². The number of rotatable bonds is 3. The molecule has 0 heterocycles. The fourth-order valence-corrected chi connectivity index (χ4v) is 2.59. The van der Waals surface area contributed by atoms with Crippen molar-refractivity contribution in [3.05, 3.63) is 35.4 Å². The van der Waals surface area contributed by atoms with Crippen LogP contribution in [0.1, 0.15) is 43.2 Å². The second-order valence-corrected chi connectivity index (χ2v) is 4.70. The highest BCUT2D eigenvalue weighted by Gasteiger charge is 2.13. The van der Waals surface area contributed by atoms with Crippen LogP contribution in [-0.2, 0) is 6.42 Å². The topological polar surface area (TPSA) is 32.6 Å². The van der Waals surface area contributed by atoms with Gasteiger partial charge in [-0.2, -0.15) is 0 Å². The first-order chi connectivity index (χ1) is 7.88. The maximum atomic E-state index is 8.50. The van der Waals surface area contributed by atoms with Crippen LogP contribution in [0.2, 0.25) is 0 Å². The van der Waals surface area contributed by atoms with Gasteiger partial charge in [0.05, 0.1) is 6.21 Å². The van der Waals surface area contributed by atoms with Crippen LogP contribution >= 0.6 is 0 Å². The van der Waals surface area contributed by atoms with Crippen LogP contribution in [0.15, 0.2) is 29.4 Å². The zero-order chi connectivity index (χ0) is 11.2. The molecule has 2 nitrogen and oxygen atoms in total. The van der Waals surface area contributed by atoms with Crippen molar-refractivity contribution in [3.63, 3.8) is 0 Å². The van der Waals surface area contributed by atoms with Crippen LogP contribution in [0.25, 0.3) is 0 Å². The van der Waals surface area contributed by atoms with Crippen molar-refractivity contribution < 1.29 is 5.21 Å². The zero-order valence-electron chi connectivity index (χ0n) is 9.60. The summed E-state index contributed by atoms with van der Waals surface area (Å²) in [5, 5.41) is 11.6. The van der Waals surface area contributed by atoms with Crippen molar-refractivity contribution in [2.75, 3.05) is 0 Å². The fraction of sp³-hybridized carbons (Fsp3) is 0.500. The highest BCUT2D eigenvalue weighted by molar-refractivity contribution is 5.79. The Hall–Kier alpha value is -1.31. The molecule has 1 saturated carbocycles. The summed E-state index contributed by atoms with van der Waals surface area (Å²) in [6.45, 7) is 0. The van der Waals surface area contributed by atoms with Gasteiger partial charge in [-0.1, -0.05) is 61.5 Å².